The second-order valence-electron chi connectivity index (χ2n) is 11.4. The van der Waals surface area contributed by atoms with Crippen LogP contribution in [0.25, 0.3) is 0 Å². The number of Topliss-reactive ketones (excluding diaryl/α,β-unsaturated/α-hetero) is 1. The van der Waals surface area contributed by atoms with Crippen LogP contribution in [0.1, 0.15) is 96.5 Å². The summed E-state index contributed by atoms with van der Waals surface area (Å²) in [5.41, 5.74) is -1.89. The molecule has 3 atom stereocenters. The lowest BCUT2D eigenvalue weighted by atomic mass is 9.86. The molecule has 0 aromatic heterocycles. The van der Waals surface area contributed by atoms with Crippen molar-refractivity contribution in [3.63, 3.8) is 0 Å². The van der Waals surface area contributed by atoms with Gasteiger partial charge in [-0.05, 0) is 50.3 Å². The number of carboxylic acids is 1. The third-order valence-electron chi connectivity index (χ3n) is 7.65. The standard InChI is InChI=1S/C36H53NO9/c1-5-7-9-12-15-18-29(38)19-16-13-10-11-14-17-20-31(36(43,27-44-3)35(41)42)33(39)37-32(34(40)45-4)26-28-21-23-30(24-22-28)46-25-8-6-2/h17,20-24,31-32,43H,5,7,9-16,18-19,25-27H2,1-4H3,(H,37,39)(H,41,42)/b20-17+/t31-,32+,36+/m1/s1. The van der Waals surface area contributed by atoms with Gasteiger partial charge in [0.25, 0.3) is 0 Å². The molecule has 0 fully saturated rings. The van der Waals surface area contributed by atoms with Crippen LogP contribution in [0, 0.1) is 17.8 Å². The van der Waals surface area contributed by atoms with E-state index in [9.17, 15) is 29.4 Å². The van der Waals surface area contributed by atoms with Crippen molar-refractivity contribution in [2.75, 3.05) is 27.4 Å². The Kier molecular flexibility index (Phi) is 20.7. The monoisotopic (exact) mass is 643 g/mol. The van der Waals surface area contributed by atoms with Crippen LogP contribution in [-0.4, -0.2) is 72.9 Å². The number of ketones is 1. The van der Waals surface area contributed by atoms with Crippen molar-refractivity contribution in [3.8, 4) is 17.6 Å². The van der Waals surface area contributed by atoms with Gasteiger partial charge in [0.15, 0.2) is 5.60 Å². The van der Waals surface area contributed by atoms with Gasteiger partial charge in [-0.1, -0.05) is 75.7 Å². The first-order valence-electron chi connectivity index (χ1n) is 16.2. The van der Waals surface area contributed by atoms with Crippen molar-refractivity contribution in [2.24, 2.45) is 5.92 Å². The molecule has 0 saturated heterocycles. The third kappa shape index (κ3) is 15.5. The van der Waals surface area contributed by atoms with E-state index in [1.54, 1.807) is 37.3 Å². The number of carboxylic acid groups (broad SMARTS) is 1. The molecule has 0 unspecified atom stereocenters. The summed E-state index contributed by atoms with van der Waals surface area (Å²) < 4.78 is 15.4. The molecule has 46 heavy (non-hydrogen) atoms. The molecule has 1 aromatic rings. The van der Waals surface area contributed by atoms with Gasteiger partial charge in [-0.3, -0.25) is 9.59 Å². The van der Waals surface area contributed by atoms with E-state index in [2.05, 4.69) is 24.1 Å². The van der Waals surface area contributed by atoms with Crippen LogP contribution in [0.2, 0.25) is 0 Å². The Balaban J connectivity index is 2.82. The van der Waals surface area contributed by atoms with E-state index in [1.165, 1.54) is 39.6 Å². The summed E-state index contributed by atoms with van der Waals surface area (Å²) in [6.45, 7) is 3.47. The van der Waals surface area contributed by atoms with Crippen LogP contribution in [0.5, 0.6) is 5.75 Å². The van der Waals surface area contributed by atoms with E-state index in [0.29, 0.717) is 36.4 Å². The largest absolute Gasteiger partial charge is 0.481 e. The van der Waals surface area contributed by atoms with Crippen LogP contribution in [0.15, 0.2) is 36.4 Å². The fourth-order valence-electron chi connectivity index (χ4n) is 4.94. The Morgan fingerprint density at radius 3 is 2.15 bits per heavy atom. The number of allylic oxidation sites excluding steroid dienone is 1. The maximum Gasteiger partial charge on any atom is 0.339 e. The lowest BCUT2D eigenvalue weighted by molar-refractivity contribution is -0.173. The lowest BCUT2D eigenvalue weighted by Gasteiger charge is -2.30. The second-order valence-corrected chi connectivity index (χ2v) is 11.4. The molecule has 1 rings (SSSR count). The van der Waals surface area contributed by atoms with Gasteiger partial charge in [0, 0.05) is 26.4 Å². The molecular weight excluding hydrogens is 590 g/mol. The Bertz CT molecular complexity index is 1150. The van der Waals surface area contributed by atoms with Crippen LogP contribution in [0.3, 0.4) is 0 Å². The minimum atomic E-state index is -2.58. The Labute approximate surface area is 274 Å². The fourth-order valence-corrected chi connectivity index (χ4v) is 4.94. The van der Waals surface area contributed by atoms with Gasteiger partial charge in [0.1, 0.15) is 24.2 Å². The molecule has 0 heterocycles. The van der Waals surface area contributed by atoms with Crippen LogP contribution < -0.4 is 10.1 Å². The molecule has 0 spiro atoms. The van der Waals surface area contributed by atoms with E-state index in [0.717, 1.165) is 38.5 Å². The third-order valence-corrected chi connectivity index (χ3v) is 7.65. The summed E-state index contributed by atoms with van der Waals surface area (Å²) in [5.74, 6) is 1.67. The highest BCUT2D eigenvalue weighted by Crippen LogP contribution is 2.23. The van der Waals surface area contributed by atoms with E-state index < -0.39 is 42.0 Å². The van der Waals surface area contributed by atoms with Gasteiger partial charge in [0.2, 0.25) is 5.91 Å². The van der Waals surface area contributed by atoms with Gasteiger partial charge < -0.3 is 29.7 Å². The molecule has 1 amide bonds. The summed E-state index contributed by atoms with van der Waals surface area (Å²) in [4.78, 5) is 50.3. The molecule has 0 aliphatic heterocycles. The van der Waals surface area contributed by atoms with Gasteiger partial charge in [-0.2, -0.15) is 0 Å². The fraction of sp³-hybridized carbons (Fsp3) is 0.611. The quantitative estimate of drug-likeness (QED) is 0.0566. The topological polar surface area (TPSA) is 148 Å². The Hall–Kier alpha value is -3.68. The molecule has 0 bridgehead atoms. The SMILES string of the molecule is CC#CCOc1ccc(C[C@H](NC(=O)[C@@H](/C=C/CCCCCCC(=O)CCCCCCC)[C@@](O)(COC)C(=O)O)C(=O)OC)cc1. The highest BCUT2D eigenvalue weighted by Gasteiger charge is 2.47. The van der Waals surface area contributed by atoms with Crippen LogP contribution in [0.4, 0.5) is 0 Å². The number of carbonyl (C=O) groups is 4. The number of rotatable bonds is 25. The van der Waals surface area contributed by atoms with Crippen molar-refractivity contribution in [3.05, 3.63) is 42.0 Å². The zero-order valence-electron chi connectivity index (χ0n) is 28.0. The highest BCUT2D eigenvalue weighted by molar-refractivity contribution is 5.93. The summed E-state index contributed by atoms with van der Waals surface area (Å²) in [5, 5.41) is 23.5. The maximum absolute atomic E-state index is 13.5. The molecule has 0 aliphatic carbocycles. The Morgan fingerprint density at radius 2 is 1.59 bits per heavy atom. The lowest BCUT2D eigenvalue weighted by Crippen LogP contribution is -2.56. The number of amides is 1. The van der Waals surface area contributed by atoms with Gasteiger partial charge in [-0.25, -0.2) is 9.59 Å². The van der Waals surface area contributed by atoms with Gasteiger partial charge in [-0.15, -0.1) is 5.92 Å². The van der Waals surface area contributed by atoms with Gasteiger partial charge >= 0.3 is 11.9 Å². The number of unbranched alkanes of at least 4 members (excludes halogenated alkanes) is 8. The number of methoxy groups -OCH3 is 2. The van der Waals surface area contributed by atoms with Gasteiger partial charge in [0.05, 0.1) is 19.6 Å². The minimum absolute atomic E-state index is 0.0566. The Morgan fingerprint density at radius 1 is 0.957 bits per heavy atom. The average Bonchev–Trinajstić information content (AvgIpc) is 3.04. The molecular formula is C36H53NO9. The molecule has 0 radical (unpaired) electrons. The molecule has 1 aromatic carbocycles. The first-order valence-corrected chi connectivity index (χ1v) is 16.2. The number of aliphatic carboxylic acids is 1. The molecule has 10 heteroatoms. The van der Waals surface area contributed by atoms with Crippen molar-refractivity contribution < 1.29 is 43.6 Å². The number of ether oxygens (including phenoxy) is 3. The number of esters is 1. The van der Waals surface area contributed by atoms with E-state index in [1.807, 2.05) is 0 Å². The first kappa shape index (κ1) is 40.3. The van der Waals surface area contributed by atoms with Crippen LogP contribution >= 0.6 is 0 Å². The summed E-state index contributed by atoms with van der Waals surface area (Å²) >= 11 is 0. The van der Waals surface area contributed by atoms with Crippen molar-refractivity contribution in [1.82, 2.24) is 5.32 Å². The van der Waals surface area contributed by atoms with E-state index in [-0.39, 0.29) is 13.0 Å². The average molecular weight is 644 g/mol. The zero-order valence-corrected chi connectivity index (χ0v) is 28.0. The molecule has 3 N–H and O–H groups in total. The summed E-state index contributed by atoms with van der Waals surface area (Å²) in [6, 6.07) is 5.74. The molecule has 256 valence electrons. The van der Waals surface area contributed by atoms with Crippen molar-refractivity contribution in [1.29, 1.82) is 0 Å². The van der Waals surface area contributed by atoms with E-state index >= 15 is 0 Å². The minimum Gasteiger partial charge on any atom is -0.481 e. The second kappa shape index (κ2) is 23.6. The van der Waals surface area contributed by atoms with Crippen molar-refractivity contribution in [2.45, 2.75) is 109 Å². The molecule has 0 saturated carbocycles. The summed E-state index contributed by atoms with van der Waals surface area (Å²) in [7, 11) is 2.41. The smallest absolute Gasteiger partial charge is 0.339 e. The van der Waals surface area contributed by atoms with Crippen molar-refractivity contribution >= 4 is 23.6 Å². The number of hydrogen-bond donors (Lipinski definition) is 3. The van der Waals surface area contributed by atoms with Crippen LogP contribution in [-0.2, 0) is 35.1 Å². The summed E-state index contributed by atoms with van der Waals surface area (Å²) in [6.07, 6.45) is 13.8. The molecule has 10 nitrogen and oxygen atoms in total. The number of benzene rings is 1. The van der Waals surface area contributed by atoms with E-state index in [4.69, 9.17) is 14.2 Å². The number of carbonyl (C=O) groups excluding carboxylic acids is 3. The predicted molar refractivity (Wildman–Crippen MR) is 176 cm³/mol. The predicted octanol–water partition coefficient (Wildman–Crippen LogP) is 5.19. The molecule has 0 aliphatic rings. The highest BCUT2D eigenvalue weighted by atomic mass is 16.5. The zero-order chi connectivity index (χ0) is 34.2. The number of hydrogen-bond acceptors (Lipinski definition) is 8. The maximum atomic E-state index is 13.5. The number of aliphatic hydroxyl groups is 1. The number of nitrogens with one attached hydrogen (secondary N) is 1. The first-order chi connectivity index (χ1) is 22.1. The normalized spacial score (nSPS) is 13.6.